The van der Waals surface area contributed by atoms with E-state index < -0.39 is 0 Å². The van der Waals surface area contributed by atoms with E-state index >= 15 is 0 Å². The van der Waals surface area contributed by atoms with E-state index in [1.165, 1.54) is 64.6 Å². The molecular formula is C28H33N. The molecule has 0 amide bonds. The molecule has 29 heavy (non-hydrogen) atoms. The predicted molar refractivity (Wildman–Crippen MR) is 124 cm³/mol. The smallest absolute Gasteiger partial charge is 0.0991 e. The number of aryl methyl sites for hydroxylation is 2. The van der Waals surface area contributed by atoms with Crippen molar-refractivity contribution in [2.45, 2.75) is 72.1 Å². The van der Waals surface area contributed by atoms with Gasteiger partial charge in [-0.25, -0.2) is 0 Å². The molecule has 0 saturated heterocycles. The molecule has 1 aliphatic rings. The van der Waals surface area contributed by atoms with Gasteiger partial charge in [0.1, 0.15) is 0 Å². The maximum atomic E-state index is 9.06. The third-order valence-corrected chi connectivity index (χ3v) is 6.47. The summed E-state index contributed by atoms with van der Waals surface area (Å²) in [5.41, 5.74) is 12.3. The lowest BCUT2D eigenvalue weighted by Crippen LogP contribution is -2.03. The van der Waals surface area contributed by atoms with Crippen molar-refractivity contribution in [1.82, 2.24) is 0 Å². The van der Waals surface area contributed by atoms with Crippen LogP contribution in [0.5, 0.6) is 0 Å². The average Bonchev–Trinajstić information content (AvgIpc) is 2.74. The molecule has 2 aromatic rings. The van der Waals surface area contributed by atoms with E-state index in [1.54, 1.807) is 5.57 Å². The summed E-state index contributed by atoms with van der Waals surface area (Å²) >= 11 is 0. The fraction of sp³-hybridized carbons (Fsp3) is 0.393. The molecule has 0 unspecified atom stereocenters. The van der Waals surface area contributed by atoms with E-state index in [0.29, 0.717) is 0 Å². The van der Waals surface area contributed by atoms with Crippen LogP contribution in [-0.4, -0.2) is 0 Å². The number of hydrogen-bond donors (Lipinski definition) is 0. The number of hydrogen-bond acceptors (Lipinski definition) is 1. The predicted octanol–water partition coefficient (Wildman–Crippen LogP) is 7.64. The summed E-state index contributed by atoms with van der Waals surface area (Å²) in [6, 6.07) is 15.1. The van der Waals surface area contributed by atoms with Crippen LogP contribution in [0.4, 0.5) is 0 Å². The highest BCUT2D eigenvalue weighted by molar-refractivity contribution is 5.70. The first-order valence-corrected chi connectivity index (χ1v) is 10.9. The molecule has 0 heterocycles. The Kier molecular flexibility index (Phi) is 7.10. The van der Waals surface area contributed by atoms with Crippen LogP contribution in [0.1, 0.15) is 78.8 Å². The standard InChI is InChI=1S/C28H33N/c1-20(2)9-12-24-15-16-25(22(4)21(24)3)17-18-26-7-5-6-8-28(26)27-13-10-23(19-29)11-14-27/h10-11,13-16H,1,5-9,12,17-18H2,2-4H3. The van der Waals surface area contributed by atoms with Gasteiger partial charge in [0.25, 0.3) is 0 Å². The molecule has 0 aliphatic heterocycles. The molecule has 0 fully saturated rings. The molecule has 0 aromatic heterocycles. The molecule has 1 heteroatoms. The number of nitriles is 1. The fourth-order valence-electron chi connectivity index (χ4n) is 4.45. The molecule has 1 aliphatic carbocycles. The topological polar surface area (TPSA) is 23.8 Å². The monoisotopic (exact) mass is 383 g/mol. The highest BCUT2D eigenvalue weighted by atomic mass is 14.2. The first-order chi connectivity index (χ1) is 14.0. The zero-order valence-corrected chi connectivity index (χ0v) is 18.3. The van der Waals surface area contributed by atoms with Gasteiger partial charge in [-0.2, -0.15) is 5.26 Å². The van der Waals surface area contributed by atoms with Crippen LogP contribution in [0.15, 0.2) is 54.1 Å². The van der Waals surface area contributed by atoms with Gasteiger partial charge in [0.05, 0.1) is 11.6 Å². The number of rotatable bonds is 7. The second-order valence-corrected chi connectivity index (χ2v) is 8.57. The molecule has 3 rings (SSSR count). The Morgan fingerprint density at radius 2 is 1.52 bits per heavy atom. The summed E-state index contributed by atoms with van der Waals surface area (Å²) in [5.74, 6) is 0. The van der Waals surface area contributed by atoms with Crippen molar-refractivity contribution in [3.05, 3.63) is 87.5 Å². The van der Waals surface area contributed by atoms with Crippen molar-refractivity contribution in [1.29, 1.82) is 5.26 Å². The van der Waals surface area contributed by atoms with E-state index in [9.17, 15) is 0 Å². The summed E-state index contributed by atoms with van der Waals surface area (Å²) in [6.07, 6.45) is 9.37. The highest BCUT2D eigenvalue weighted by Gasteiger charge is 2.15. The molecule has 1 nitrogen and oxygen atoms in total. The van der Waals surface area contributed by atoms with E-state index in [0.717, 1.165) is 31.2 Å². The van der Waals surface area contributed by atoms with Crippen LogP contribution in [-0.2, 0) is 12.8 Å². The minimum atomic E-state index is 0.740. The van der Waals surface area contributed by atoms with Crippen LogP contribution < -0.4 is 0 Å². The summed E-state index contributed by atoms with van der Waals surface area (Å²) < 4.78 is 0. The van der Waals surface area contributed by atoms with Gasteiger partial charge in [-0.15, -0.1) is 6.58 Å². The molecule has 150 valence electrons. The maximum Gasteiger partial charge on any atom is 0.0991 e. The van der Waals surface area contributed by atoms with Crippen LogP contribution in [0, 0.1) is 25.2 Å². The molecular weight excluding hydrogens is 350 g/mol. The molecule has 2 aromatic carbocycles. The van der Waals surface area contributed by atoms with Crippen molar-refractivity contribution in [3.63, 3.8) is 0 Å². The Morgan fingerprint density at radius 1 is 0.897 bits per heavy atom. The minimum absolute atomic E-state index is 0.740. The zero-order chi connectivity index (χ0) is 20.8. The van der Waals surface area contributed by atoms with E-state index in [1.807, 2.05) is 12.1 Å². The second-order valence-electron chi connectivity index (χ2n) is 8.57. The first-order valence-electron chi connectivity index (χ1n) is 10.9. The van der Waals surface area contributed by atoms with Crippen molar-refractivity contribution in [2.24, 2.45) is 0 Å². The van der Waals surface area contributed by atoms with Crippen molar-refractivity contribution in [3.8, 4) is 6.07 Å². The van der Waals surface area contributed by atoms with E-state index in [2.05, 4.69) is 57.7 Å². The Hall–Kier alpha value is -2.59. The maximum absolute atomic E-state index is 9.06. The Labute approximate surface area is 176 Å². The molecule has 0 atom stereocenters. The Balaban J connectivity index is 1.77. The Morgan fingerprint density at radius 3 is 2.14 bits per heavy atom. The fourth-order valence-corrected chi connectivity index (χ4v) is 4.45. The third-order valence-electron chi connectivity index (χ3n) is 6.47. The highest BCUT2D eigenvalue weighted by Crippen LogP contribution is 2.35. The van der Waals surface area contributed by atoms with E-state index in [4.69, 9.17) is 5.26 Å². The minimum Gasteiger partial charge on any atom is -0.192 e. The number of allylic oxidation sites excluding steroid dienone is 3. The van der Waals surface area contributed by atoms with Gasteiger partial charge in [0.15, 0.2) is 0 Å². The average molecular weight is 384 g/mol. The largest absolute Gasteiger partial charge is 0.192 e. The van der Waals surface area contributed by atoms with Gasteiger partial charge >= 0.3 is 0 Å². The molecule has 0 radical (unpaired) electrons. The summed E-state index contributed by atoms with van der Waals surface area (Å²) in [6.45, 7) is 10.7. The quantitative estimate of drug-likeness (QED) is 0.450. The molecule has 0 N–H and O–H groups in total. The van der Waals surface area contributed by atoms with Crippen LogP contribution in [0.3, 0.4) is 0 Å². The zero-order valence-electron chi connectivity index (χ0n) is 18.3. The van der Waals surface area contributed by atoms with Crippen molar-refractivity contribution < 1.29 is 0 Å². The summed E-state index contributed by atoms with van der Waals surface area (Å²) in [4.78, 5) is 0. The summed E-state index contributed by atoms with van der Waals surface area (Å²) in [7, 11) is 0. The SMILES string of the molecule is C=C(C)CCc1ccc(CCC2=C(c3ccc(C#N)cc3)CCCC2)c(C)c1C. The Bertz CT molecular complexity index is 951. The van der Waals surface area contributed by atoms with Crippen LogP contribution >= 0.6 is 0 Å². The third kappa shape index (κ3) is 5.27. The molecule has 0 saturated carbocycles. The van der Waals surface area contributed by atoms with Gasteiger partial charge in [0, 0.05) is 0 Å². The van der Waals surface area contributed by atoms with Crippen LogP contribution in [0.25, 0.3) is 5.57 Å². The van der Waals surface area contributed by atoms with Gasteiger partial charge in [0.2, 0.25) is 0 Å². The first kappa shape index (κ1) is 21.1. The van der Waals surface area contributed by atoms with Crippen molar-refractivity contribution >= 4 is 5.57 Å². The lowest BCUT2D eigenvalue weighted by atomic mass is 9.83. The lowest BCUT2D eigenvalue weighted by Gasteiger charge is -2.22. The van der Waals surface area contributed by atoms with Gasteiger partial charge in [-0.3, -0.25) is 0 Å². The molecule has 0 spiro atoms. The normalized spacial score (nSPS) is 14.0. The summed E-state index contributed by atoms with van der Waals surface area (Å²) in [5, 5.41) is 9.06. The van der Waals surface area contributed by atoms with Crippen LogP contribution in [0.2, 0.25) is 0 Å². The van der Waals surface area contributed by atoms with Crippen molar-refractivity contribution in [2.75, 3.05) is 0 Å². The molecule has 0 bridgehead atoms. The number of nitrogens with zero attached hydrogens (tertiary/aromatic N) is 1. The van der Waals surface area contributed by atoms with Gasteiger partial charge in [-0.05, 0) is 118 Å². The van der Waals surface area contributed by atoms with Gasteiger partial charge in [-0.1, -0.05) is 35.4 Å². The lowest BCUT2D eigenvalue weighted by molar-refractivity contribution is 0.685. The van der Waals surface area contributed by atoms with E-state index in [-0.39, 0.29) is 0 Å². The van der Waals surface area contributed by atoms with Gasteiger partial charge < -0.3 is 0 Å². The number of benzene rings is 2. The second kappa shape index (κ2) is 9.75.